The highest BCUT2D eigenvalue weighted by atomic mass is 35.5. The highest BCUT2D eigenvalue weighted by Gasteiger charge is 2.45. The predicted octanol–water partition coefficient (Wildman–Crippen LogP) is 3.04. The predicted molar refractivity (Wildman–Crippen MR) is 103 cm³/mol. The molecule has 0 bridgehead atoms. The maximum Gasteiger partial charge on any atom is 0.320 e. The SMILES string of the molecule is O=C1CCC2(CCN(C(=O)N3CCC(COc4ccc(F)cc4Cl)CC3)C2)N1. The number of hydrogen-bond acceptors (Lipinski definition) is 3. The van der Waals surface area contributed by atoms with E-state index in [1.807, 2.05) is 9.80 Å². The van der Waals surface area contributed by atoms with Crippen LogP contribution in [0, 0.1) is 11.7 Å². The Morgan fingerprint density at radius 3 is 2.71 bits per heavy atom. The lowest BCUT2D eigenvalue weighted by Gasteiger charge is -2.35. The van der Waals surface area contributed by atoms with E-state index < -0.39 is 0 Å². The second-order valence-corrected chi connectivity index (χ2v) is 8.51. The number of carbonyl (C=O) groups excluding carboxylic acids is 2. The molecule has 1 atom stereocenters. The number of likely N-dealkylation sites (tertiary alicyclic amines) is 2. The molecule has 1 unspecified atom stereocenters. The first-order valence-electron chi connectivity index (χ1n) is 9.87. The Balaban J connectivity index is 1.24. The molecule has 0 radical (unpaired) electrons. The van der Waals surface area contributed by atoms with Crippen molar-refractivity contribution in [2.75, 3.05) is 32.8 Å². The molecule has 0 aliphatic carbocycles. The Hall–Kier alpha value is -2.02. The van der Waals surface area contributed by atoms with E-state index >= 15 is 0 Å². The Morgan fingerprint density at radius 1 is 1.25 bits per heavy atom. The quantitative estimate of drug-likeness (QED) is 0.834. The molecule has 1 spiro atoms. The number of benzene rings is 1. The summed E-state index contributed by atoms with van der Waals surface area (Å²) in [6, 6.07) is 4.19. The average Bonchev–Trinajstić information content (AvgIpc) is 3.26. The van der Waals surface area contributed by atoms with Crippen LogP contribution in [0.15, 0.2) is 18.2 Å². The number of rotatable bonds is 3. The van der Waals surface area contributed by atoms with Gasteiger partial charge in [-0.25, -0.2) is 9.18 Å². The van der Waals surface area contributed by atoms with Gasteiger partial charge in [-0.1, -0.05) is 11.6 Å². The van der Waals surface area contributed by atoms with E-state index in [0.29, 0.717) is 50.9 Å². The molecule has 3 aliphatic rings. The van der Waals surface area contributed by atoms with Gasteiger partial charge in [-0.15, -0.1) is 0 Å². The molecule has 3 amide bonds. The minimum atomic E-state index is -0.384. The van der Waals surface area contributed by atoms with Crippen LogP contribution >= 0.6 is 11.6 Å². The lowest BCUT2D eigenvalue weighted by Crippen LogP contribution is -2.49. The standard InChI is InChI=1S/C20H25ClFN3O3/c21-16-11-15(22)1-2-17(16)28-12-14-4-8-24(9-5-14)19(27)25-10-7-20(13-25)6-3-18(26)23-20/h1-2,11,14H,3-10,12-13H2,(H,23,26). The van der Waals surface area contributed by atoms with Crippen molar-refractivity contribution >= 4 is 23.5 Å². The maximum atomic E-state index is 13.1. The van der Waals surface area contributed by atoms with E-state index in [1.165, 1.54) is 12.1 Å². The van der Waals surface area contributed by atoms with Gasteiger partial charge in [0.05, 0.1) is 17.2 Å². The Morgan fingerprint density at radius 2 is 2.04 bits per heavy atom. The first kappa shape index (κ1) is 19.3. The van der Waals surface area contributed by atoms with Crippen LogP contribution in [0.2, 0.25) is 5.02 Å². The summed E-state index contributed by atoms with van der Waals surface area (Å²) >= 11 is 6.00. The van der Waals surface area contributed by atoms with Gasteiger partial charge in [-0.3, -0.25) is 4.79 Å². The van der Waals surface area contributed by atoms with Crippen LogP contribution in [-0.2, 0) is 4.79 Å². The summed E-state index contributed by atoms with van der Waals surface area (Å²) in [5.41, 5.74) is -0.201. The van der Waals surface area contributed by atoms with Gasteiger partial charge in [0.15, 0.2) is 0 Å². The third-order valence-corrected chi connectivity index (χ3v) is 6.41. The highest BCUT2D eigenvalue weighted by Crippen LogP contribution is 2.32. The van der Waals surface area contributed by atoms with Gasteiger partial charge in [0.25, 0.3) is 0 Å². The van der Waals surface area contributed by atoms with Gasteiger partial charge in [0.2, 0.25) is 5.91 Å². The second-order valence-electron chi connectivity index (χ2n) is 8.10. The zero-order valence-corrected chi connectivity index (χ0v) is 16.5. The molecule has 4 rings (SSSR count). The number of carbonyl (C=O) groups is 2. The zero-order chi connectivity index (χ0) is 19.7. The third-order valence-electron chi connectivity index (χ3n) is 6.11. The maximum absolute atomic E-state index is 13.1. The van der Waals surface area contributed by atoms with E-state index in [2.05, 4.69) is 5.32 Å². The normalized spacial score (nSPS) is 25.4. The van der Waals surface area contributed by atoms with Gasteiger partial charge in [0.1, 0.15) is 11.6 Å². The van der Waals surface area contributed by atoms with E-state index in [9.17, 15) is 14.0 Å². The van der Waals surface area contributed by atoms with Crippen molar-refractivity contribution in [2.45, 2.75) is 37.6 Å². The van der Waals surface area contributed by atoms with Crippen LogP contribution in [0.5, 0.6) is 5.75 Å². The monoisotopic (exact) mass is 409 g/mol. The van der Waals surface area contributed by atoms with Crippen molar-refractivity contribution < 1.29 is 18.7 Å². The molecule has 1 N–H and O–H groups in total. The number of urea groups is 1. The smallest absolute Gasteiger partial charge is 0.320 e. The first-order valence-corrected chi connectivity index (χ1v) is 10.2. The molecule has 1 aromatic carbocycles. The third kappa shape index (κ3) is 4.04. The summed E-state index contributed by atoms with van der Waals surface area (Å²) in [4.78, 5) is 28.2. The number of hydrogen-bond donors (Lipinski definition) is 1. The molecule has 8 heteroatoms. The Bertz CT molecular complexity index is 769. The molecule has 1 aromatic rings. The van der Waals surface area contributed by atoms with Crippen molar-refractivity contribution in [1.29, 1.82) is 0 Å². The lowest BCUT2D eigenvalue weighted by molar-refractivity contribution is -0.119. The van der Waals surface area contributed by atoms with Crippen LogP contribution in [0.25, 0.3) is 0 Å². The topological polar surface area (TPSA) is 61.9 Å². The average molecular weight is 410 g/mol. The summed E-state index contributed by atoms with van der Waals surface area (Å²) in [6.07, 6.45) is 3.94. The number of ether oxygens (including phenoxy) is 1. The van der Waals surface area contributed by atoms with Crippen molar-refractivity contribution in [3.8, 4) is 5.75 Å². The summed E-state index contributed by atoms with van der Waals surface area (Å²) < 4.78 is 18.9. The summed E-state index contributed by atoms with van der Waals surface area (Å²) in [5, 5.41) is 3.33. The fourth-order valence-corrected chi connectivity index (χ4v) is 4.63. The number of halogens is 2. The molecule has 3 fully saturated rings. The molecule has 3 aliphatic heterocycles. The van der Waals surface area contributed by atoms with Crippen LogP contribution in [0.4, 0.5) is 9.18 Å². The van der Waals surface area contributed by atoms with Gasteiger partial charge >= 0.3 is 6.03 Å². The number of amides is 3. The lowest BCUT2D eigenvalue weighted by atomic mass is 9.97. The van der Waals surface area contributed by atoms with Crippen molar-refractivity contribution in [3.05, 3.63) is 29.0 Å². The van der Waals surface area contributed by atoms with E-state index in [0.717, 1.165) is 25.7 Å². The number of nitrogens with zero attached hydrogens (tertiary/aromatic N) is 2. The van der Waals surface area contributed by atoms with E-state index in [1.54, 1.807) is 6.07 Å². The van der Waals surface area contributed by atoms with Crippen LogP contribution in [0.3, 0.4) is 0 Å². The number of piperidine rings is 1. The first-order chi connectivity index (χ1) is 13.4. The molecule has 28 heavy (non-hydrogen) atoms. The van der Waals surface area contributed by atoms with E-state index in [4.69, 9.17) is 16.3 Å². The molecule has 6 nitrogen and oxygen atoms in total. The van der Waals surface area contributed by atoms with Crippen LogP contribution in [-0.4, -0.2) is 60.1 Å². The zero-order valence-electron chi connectivity index (χ0n) is 15.8. The van der Waals surface area contributed by atoms with Crippen LogP contribution < -0.4 is 10.1 Å². The fraction of sp³-hybridized carbons (Fsp3) is 0.600. The Labute approximate surface area is 168 Å². The summed E-state index contributed by atoms with van der Waals surface area (Å²) in [7, 11) is 0. The molecule has 3 heterocycles. The largest absolute Gasteiger partial charge is 0.492 e. The van der Waals surface area contributed by atoms with Crippen molar-refractivity contribution in [2.24, 2.45) is 5.92 Å². The molecule has 0 aromatic heterocycles. The second kappa shape index (κ2) is 7.78. The summed E-state index contributed by atoms with van der Waals surface area (Å²) in [5.74, 6) is 0.535. The fourth-order valence-electron chi connectivity index (χ4n) is 4.41. The molecule has 152 valence electrons. The van der Waals surface area contributed by atoms with E-state index in [-0.39, 0.29) is 28.3 Å². The number of nitrogens with one attached hydrogen (secondary N) is 1. The van der Waals surface area contributed by atoms with Gasteiger partial charge < -0.3 is 19.9 Å². The minimum absolute atomic E-state index is 0.0685. The molecular weight excluding hydrogens is 385 g/mol. The van der Waals surface area contributed by atoms with Crippen molar-refractivity contribution in [1.82, 2.24) is 15.1 Å². The molecule has 3 saturated heterocycles. The molecular formula is C20H25ClFN3O3. The highest BCUT2D eigenvalue weighted by molar-refractivity contribution is 6.32. The Kier molecular flexibility index (Phi) is 5.36. The van der Waals surface area contributed by atoms with Gasteiger partial charge in [-0.2, -0.15) is 0 Å². The molecule has 0 saturated carbocycles. The van der Waals surface area contributed by atoms with Gasteiger partial charge in [-0.05, 0) is 49.8 Å². The minimum Gasteiger partial charge on any atom is -0.492 e. The van der Waals surface area contributed by atoms with Crippen molar-refractivity contribution in [3.63, 3.8) is 0 Å². The van der Waals surface area contributed by atoms with Gasteiger partial charge in [0, 0.05) is 32.6 Å². The van der Waals surface area contributed by atoms with Crippen LogP contribution in [0.1, 0.15) is 32.1 Å². The summed E-state index contributed by atoms with van der Waals surface area (Å²) in [6.45, 7) is 3.21.